The second kappa shape index (κ2) is 8.61. The first-order valence-electron chi connectivity index (χ1n) is 7.71. The fourth-order valence-corrected chi connectivity index (χ4v) is 3.23. The maximum atomic E-state index is 12.5. The number of unbranched alkanes of at least 4 members (excludes halogenated alkanes) is 2. The number of hydrogen-bond donors (Lipinski definition) is 1. The van der Waals surface area contributed by atoms with Gasteiger partial charge in [0.25, 0.3) is 0 Å². The number of Topliss-reactive ketones (excluding diaryl/α,β-unsaturated/α-hetero) is 1. The third-order valence-corrected chi connectivity index (χ3v) is 4.57. The van der Waals surface area contributed by atoms with Crippen molar-refractivity contribution in [3.63, 3.8) is 0 Å². The molecule has 1 amide bonds. The number of carbonyl (C=O) groups excluding carboxylic acids is 4. The highest BCUT2D eigenvalue weighted by Crippen LogP contribution is 2.31. The molecule has 1 aromatic rings. The van der Waals surface area contributed by atoms with Crippen LogP contribution in [-0.4, -0.2) is 48.0 Å². The summed E-state index contributed by atoms with van der Waals surface area (Å²) in [7, 11) is 1.16. The Hall–Kier alpha value is -2.42. The molecule has 1 heterocycles. The van der Waals surface area contributed by atoms with Crippen LogP contribution in [-0.2, 0) is 9.53 Å². The Labute approximate surface area is 148 Å². The van der Waals surface area contributed by atoms with Crippen molar-refractivity contribution in [2.75, 3.05) is 19.4 Å². The zero-order valence-electron chi connectivity index (χ0n) is 13.9. The zero-order valence-corrected chi connectivity index (χ0v) is 14.7. The minimum absolute atomic E-state index is 0.0585. The van der Waals surface area contributed by atoms with E-state index >= 15 is 0 Å². The van der Waals surface area contributed by atoms with Gasteiger partial charge in [-0.2, -0.15) is 0 Å². The molecule has 2 rings (SSSR count). The first-order valence-corrected chi connectivity index (χ1v) is 8.70. The van der Waals surface area contributed by atoms with E-state index in [4.69, 9.17) is 4.52 Å². The van der Waals surface area contributed by atoms with E-state index in [0.29, 0.717) is 12.3 Å². The Balaban J connectivity index is 1.92. The molecule has 134 valence electrons. The smallest absolute Gasteiger partial charge is 0.361 e. The first kappa shape index (κ1) is 18.9. The lowest BCUT2D eigenvalue weighted by molar-refractivity contribution is -0.118. The van der Waals surface area contributed by atoms with Crippen LogP contribution in [0.5, 0.6) is 0 Å². The monoisotopic (exact) mass is 366 g/mol. The SMILES string of the molecule is COC(=O)c1noc2c1C(=O)C(SCCCCCNC(C)=O)=CC2=O. The lowest BCUT2D eigenvalue weighted by atomic mass is 10.00. The highest BCUT2D eigenvalue weighted by molar-refractivity contribution is 8.04. The number of fused-ring (bicyclic) bond motifs is 1. The van der Waals surface area contributed by atoms with E-state index < -0.39 is 17.5 Å². The third-order valence-electron chi connectivity index (χ3n) is 3.46. The molecule has 1 aliphatic carbocycles. The molecule has 0 radical (unpaired) electrons. The van der Waals surface area contributed by atoms with Gasteiger partial charge in [-0.15, -0.1) is 11.8 Å². The lowest BCUT2D eigenvalue weighted by Gasteiger charge is -2.10. The van der Waals surface area contributed by atoms with Gasteiger partial charge in [-0.1, -0.05) is 11.6 Å². The van der Waals surface area contributed by atoms with Crippen molar-refractivity contribution < 1.29 is 28.4 Å². The van der Waals surface area contributed by atoms with Gasteiger partial charge < -0.3 is 14.6 Å². The Morgan fingerprint density at radius 2 is 2.04 bits per heavy atom. The highest BCUT2D eigenvalue weighted by Gasteiger charge is 2.36. The van der Waals surface area contributed by atoms with E-state index in [0.717, 1.165) is 26.4 Å². The summed E-state index contributed by atoms with van der Waals surface area (Å²) in [6, 6.07) is 0. The van der Waals surface area contributed by atoms with Gasteiger partial charge >= 0.3 is 5.97 Å². The third kappa shape index (κ3) is 4.56. The molecule has 0 atom stereocenters. The predicted molar refractivity (Wildman–Crippen MR) is 89.6 cm³/mol. The fraction of sp³-hybridized carbons (Fsp3) is 0.438. The van der Waals surface area contributed by atoms with Crippen LogP contribution in [0.1, 0.15) is 57.6 Å². The molecule has 0 saturated carbocycles. The number of rotatable bonds is 8. The lowest BCUT2D eigenvalue weighted by Crippen LogP contribution is -2.20. The molecule has 1 aliphatic rings. The zero-order chi connectivity index (χ0) is 18.4. The molecule has 9 heteroatoms. The number of methoxy groups -OCH3 is 1. The van der Waals surface area contributed by atoms with Crippen molar-refractivity contribution in [2.24, 2.45) is 0 Å². The molecule has 0 aromatic carbocycles. The summed E-state index contributed by atoms with van der Waals surface area (Å²) in [6.45, 7) is 2.09. The fourth-order valence-electron chi connectivity index (χ4n) is 2.24. The Morgan fingerprint density at radius 3 is 2.72 bits per heavy atom. The number of amides is 1. The number of hydrogen-bond acceptors (Lipinski definition) is 8. The number of allylic oxidation sites excluding steroid dienone is 2. The van der Waals surface area contributed by atoms with Crippen molar-refractivity contribution in [2.45, 2.75) is 26.2 Å². The maximum Gasteiger partial charge on any atom is 0.361 e. The molecule has 0 saturated heterocycles. The van der Waals surface area contributed by atoms with Crippen LogP contribution in [0, 0.1) is 0 Å². The number of ketones is 2. The van der Waals surface area contributed by atoms with Gasteiger partial charge in [0, 0.05) is 19.5 Å². The number of esters is 1. The number of carbonyl (C=O) groups is 4. The minimum atomic E-state index is -0.824. The van der Waals surface area contributed by atoms with Gasteiger partial charge in [-0.3, -0.25) is 14.4 Å². The summed E-state index contributed by atoms with van der Waals surface area (Å²) in [5.74, 6) is -1.43. The van der Waals surface area contributed by atoms with Crippen LogP contribution < -0.4 is 5.32 Å². The van der Waals surface area contributed by atoms with Crippen molar-refractivity contribution in [1.82, 2.24) is 10.5 Å². The minimum Gasteiger partial charge on any atom is -0.464 e. The molecular weight excluding hydrogens is 348 g/mol. The summed E-state index contributed by atoms with van der Waals surface area (Å²) in [4.78, 5) is 47.2. The summed E-state index contributed by atoms with van der Waals surface area (Å²) in [5, 5.41) is 6.19. The van der Waals surface area contributed by atoms with Crippen molar-refractivity contribution >= 4 is 35.2 Å². The molecule has 0 unspecified atom stereocenters. The van der Waals surface area contributed by atoms with E-state index in [1.165, 1.54) is 24.8 Å². The van der Waals surface area contributed by atoms with Gasteiger partial charge in [0.2, 0.25) is 28.9 Å². The van der Waals surface area contributed by atoms with Gasteiger partial charge in [-0.05, 0) is 18.6 Å². The second-order valence-electron chi connectivity index (χ2n) is 5.32. The molecule has 25 heavy (non-hydrogen) atoms. The predicted octanol–water partition coefficient (Wildman–Crippen LogP) is 1.76. The van der Waals surface area contributed by atoms with Gasteiger partial charge in [0.15, 0.2) is 0 Å². The summed E-state index contributed by atoms with van der Waals surface area (Å²) >= 11 is 1.25. The summed E-state index contributed by atoms with van der Waals surface area (Å²) in [6.07, 6.45) is 3.76. The van der Waals surface area contributed by atoms with E-state index in [-0.39, 0.29) is 27.8 Å². The Kier molecular flexibility index (Phi) is 6.51. The molecule has 0 spiro atoms. The molecular formula is C16H18N2O6S. The van der Waals surface area contributed by atoms with Crippen molar-refractivity contribution in [3.8, 4) is 0 Å². The summed E-state index contributed by atoms with van der Waals surface area (Å²) < 4.78 is 9.37. The number of aromatic nitrogens is 1. The van der Waals surface area contributed by atoms with E-state index in [1.54, 1.807) is 0 Å². The number of ether oxygens (including phenoxy) is 1. The van der Waals surface area contributed by atoms with Crippen molar-refractivity contribution in [1.29, 1.82) is 0 Å². The Bertz CT molecular complexity index is 737. The van der Waals surface area contributed by atoms with E-state index in [9.17, 15) is 19.2 Å². The normalized spacial score (nSPS) is 13.3. The van der Waals surface area contributed by atoms with Crippen LogP contribution in [0.25, 0.3) is 0 Å². The molecule has 0 bridgehead atoms. The standard InChI is InChI=1S/C16H18N2O6S/c1-9(19)17-6-4-3-5-7-25-11-8-10(20)15-12(14(11)21)13(18-24-15)16(22)23-2/h8H,3-7H2,1-2H3,(H,17,19). The largest absolute Gasteiger partial charge is 0.464 e. The van der Waals surface area contributed by atoms with E-state index in [2.05, 4.69) is 15.2 Å². The summed E-state index contributed by atoms with van der Waals surface area (Å²) in [5.41, 5.74) is -0.412. The van der Waals surface area contributed by atoms with Gasteiger partial charge in [0.05, 0.1) is 12.0 Å². The molecule has 0 fully saturated rings. The van der Waals surface area contributed by atoms with Crippen LogP contribution in [0.15, 0.2) is 15.5 Å². The molecule has 1 aromatic heterocycles. The van der Waals surface area contributed by atoms with Crippen LogP contribution >= 0.6 is 11.8 Å². The van der Waals surface area contributed by atoms with Crippen LogP contribution in [0.2, 0.25) is 0 Å². The van der Waals surface area contributed by atoms with Gasteiger partial charge in [-0.25, -0.2) is 4.79 Å². The number of nitrogens with one attached hydrogen (secondary N) is 1. The van der Waals surface area contributed by atoms with Gasteiger partial charge in [0.1, 0.15) is 5.56 Å². The number of thioether (sulfide) groups is 1. The first-order chi connectivity index (χ1) is 12.0. The Morgan fingerprint density at radius 1 is 1.28 bits per heavy atom. The maximum absolute atomic E-state index is 12.5. The molecule has 0 aliphatic heterocycles. The quantitative estimate of drug-likeness (QED) is 0.546. The molecule has 1 N–H and O–H groups in total. The average Bonchev–Trinajstić information content (AvgIpc) is 3.03. The topological polar surface area (TPSA) is 116 Å². The van der Waals surface area contributed by atoms with E-state index in [1.807, 2.05) is 0 Å². The second-order valence-corrected chi connectivity index (χ2v) is 6.46. The number of nitrogens with zero attached hydrogens (tertiary/aromatic N) is 1. The molecule has 8 nitrogen and oxygen atoms in total. The average molecular weight is 366 g/mol. The van der Waals surface area contributed by atoms with Crippen LogP contribution in [0.3, 0.4) is 0 Å². The van der Waals surface area contributed by atoms with Crippen LogP contribution in [0.4, 0.5) is 0 Å². The van der Waals surface area contributed by atoms with Crippen molar-refractivity contribution in [3.05, 3.63) is 28.0 Å². The highest BCUT2D eigenvalue weighted by atomic mass is 32.2.